The first-order valence-corrected chi connectivity index (χ1v) is 12.1. The number of benzene rings is 3. The van der Waals surface area contributed by atoms with Gasteiger partial charge in [-0.05, 0) is 36.1 Å². The van der Waals surface area contributed by atoms with Gasteiger partial charge in [-0.3, -0.25) is 14.2 Å². The lowest BCUT2D eigenvalue weighted by molar-refractivity contribution is -0.129. The second kappa shape index (κ2) is 9.63. The Hall–Kier alpha value is -3.38. The van der Waals surface area contributed by atoms with Crippen LogP contribution in [0.5, 0.6) is 0 Å². The van der Waals surface area contributed by atoms with Crippen molar-refractivity contribution in [3.8, 4) is 0 Å². The fourth-order valence-corrected chi connectivity index (χ4v) is 5.42. The van der Waals surface area contributed by atoms with Gasteiger partial charge in [0.1, 0.15) is 5.25 Å². The van der Waals surface area contributed by atoms with Crippen LogP contribution in [0.4, 0.5) is 0 Å². The molecule has 1 aliphatic rings. The number of hydrogen-bond donors (Lipinski definition) is 0. The molecule has 5 nitrogen and oxygen atoms in total. The summed E-state index contributed by atoms with van der Waals surface area (Å²) >= 11 is 1.37. The highest BCUT2D eigenvalue weighted by atomic mass is 32.2. The average molecular weight is 456 g/mol. The minimum Gasteiger partial charge on any atom is -0.341 e. The number of thioether (sulfide) groups is 1. The van der Waals surface area contributed by atoms with Gasteiger partial charge in [0.25, 0.3) is 5.56 Å². The highest BCUT2D eigenvalue weighted by Gasteiger charge is 2.30. The van der Waals surface area contributed by atoms with Crippen LogP contribution in [0.25, 0.3) is 10.9 Å². The zero-order valence-electron chi connectivity index (χ0n) is 18.3. The minimum atomic E-state index is -0.459. The minimum absolute atomic E-state index is 0.0809. The summed E-state index contributed by atoms with van der Waals surface area (Å²) < 4.78 is 1.70. The van der Waals surface area contributed by atoms with E-state index in [-0.39, 0.29) is 11.5 Å². The van der Waals surface area contributed by atoms with Crippen molar-refractivity contribution in [2.75, 3.05) is 13.1 Å². The number of nitrogens with zero attached hydrogens (tertiary/aromatic N) is 3. The summed E-state index contributed by atoms with van der Waals surface area (Å²) in [6.07, 6.45) is 2.07. The molecule has 0 spiro atoms. The third-order valence-electron chi connectivity index (χ3n) is 5.98. The molecular weight excluding hydrogens is 430 g/mol. The zero-order chi connectivity index (χ0) is 22.6. The monoisotopic (exact) mass is 455 g/mol. The Bertz CT molecular complexity index is 1320. The normalized spacial score (nSPS) is 14.5. The predicted octanol–water partition coefficient (Wildman–Crippen LogP) is 4.90. The van der Waals surface area contributed by atoms with Gasteiger partial charge >= 0.3 is 0 Å². The first kappa shape index (κ1) is 21.5. The first-order chi connectivity index (χ1) is 16.2. The average Bonchev–Trinajstić information content (AvgIpc) is 3.41. The van der Waals surface area contributed by atoms with Crippen molar-refractivity contribution >= 4 is 28.6 Å². The molecule has 1 amide bonds. The van der Waals surface area contributed by atoms with Gasteiger partial charge in [0, 0.05) is 13.1 Å². The van der Waals surface area contributed by atoms with Crippen LogP contribution >= 0.6 is 11.8 Å². The zero-order valence-corrected chi connectivity index (χ0v) is 19.1. The maximum Gasteiger partial charge on any atom is 0.262 e. The number of carbonyl (C=O) groups is 1. The smallest absolute Gasteiger partial charge is 0.262 e. The number of hydrogen-bond acceptors (Lipinski definition) is 4. The van der Waals surface area contributed by atoms with Crippen LogP contribution in [0.15, 0.2) is 94.9 Å². The maximum absolute atomic E-state index is 13.6. The number of carbonyl (C=O) groups excluding carboxylic acids is 1. The molecule has 0 bridgehead atoms. The van der Waals surface area contributed by atoms with E-state index >= 15 is 0 Å². The van der Waals surface area contributed by atoms with E-state index in [0.29, 0.717) is 22.6 Å². The van der Waals surface area contributed by atoms with Crippen LogP contribution in [0, 0.1) is 0 Å². The van der Waals surface area contributed by atoms with Gasteiger partial charge in [-0.15, -0.1) is 0 Å². The summed E-state index contributed by atoms with van der Waals surface area (Å²) in [5.41, 5.74) is 2.50. The summed E-state index contributed by atoms with van der Waals surface area (Å²) in [6.45, 7) is 1.97. The summed E-state index contributed by atoms with van der Waals surface area (Å²) in [4.78, 5) is 33.9. The second-order valence-electron chi connectivity index (χ2n) is 8.23. The van der Waals surface area contributed by atoms with Crippen molar-refractivity contribution in [3.05, 3.63) is 106 Å². The molecule has 166 valence electrons. The molecule has 1 saturated heterocycles. The van der Waals surface area contributed by atoms with Crippen molar-refractivity contribution in [1.29, 1.82) is 0 Å². The van der Waals surface area contributed by atoms with Crippen molar-refractivity contribution in [2.45, 2.75) is 29.8 Å². The second-order valence-corrected chi connectivity index (χ2v) is 9.30. The van der Waals surface area contributed by atoms with Crippen LogP contribution in [-0.4, -0.2) is 33.4 Å². The van der Waals surface area contributed by atoms with Crippen LogP contribution in [0.1, 0.15) is 29.2 Å². The third-order valence-corrected chi connectivity index (χ3v) is 7.21. The Morgan fingerprint density at radius 1 is 0.879 bits per heavy atom. The highest BCUT2D eigenvalue weighted by Crippen LogP contribution is 2.37. The van der Waals surface area contributed by atoms with Crippen molar-refractivity contribution in [1.82, 2.24) is 14.5 Å². The van der Waals surface area contributed by atoms with Crippen LogP contribution < -0.4 is 5.56 Å². The van der Waals surface area contributed by atoms with Gasteiger partial charge in [0.15, 0.2) is 5.16 Å². The lowest BCUT2D eigenvalue weighted by Gasteiger charge is -2.24. The summed E-state index contributed by atoms with van der Waals surface area (Å²) in [5.74, 6) is 0.0809. The standard InChI is InChI=1S/C27H25N3O2S/c31-25-22-15-7-8-16-23(22)28-27(30(25)19-20-11-3-1-4-12-20)33-24(21-13-5-2-6-14-21)26(32)29-17-9-10-18-29/h1-8,11-16,24H,9-10,17-19H2/t24-/m0/s1. The predicted molar refractivity (Wildman–Crippen MR) is 132 cm³/mol. The Morgan fingerprint density at radius 2 is 1.52 bits per heavy atom. The Morgan fingerprint density at radius 3 is 2.24 bits per heavy atom. The molecule has 0 aliphatic carbocycles. The van der Waals surface area contributed by atoms with E-state index in [1.54, 1.807) is 4.57 Å². The van der Waals surface area contributed by atoms with Crippen molar-refractivity contribution < 1.29 is 4.79 Å². The Labute approximate surface area is 197 Å². The summed E-state index contributed by atoms with van der Waals surface area (Å²) in [6, 6.07) is 27.1. The lowest BCUT2D eigenvalue weighted by Crippen LogP contribution is -2.32. The van der Waals surface area contributed by atoms with Crippen LogP contribution in [0.2, 0.25) is 0 Å². The number of amides is 1. The van der Waals surface area contributed by atoms with E-state index < -0.39 is 5.25 Å². The molecule has 1 aliphatic heterocycles. The quantitative estimate of drug-likeness (QED) is 0.307. The van der Waals surface area contributed by atoms with E-state index in [1.807, 2.05) is 89.8 Å². The molecular formula is C27H25N3O2S. The lowest BCUT2D eigenvalue weighted by atomic mass is 10.1. The van der Waals surface area contributed by atoms with Gasteiger partial charge in [-0.25, -0.2) is 4.98 Å². The molecule has 0 saturated carbocycles. The Balaban J connectivity index is 1.61. The van der Waals surface area contributed by atoms with Gasteiger partial charge in [-0.2, -0.15) is 0 Å². The number of likely N-dealkylation sites (tertiary alicyclic amines) is 1. The molecule has 33 heavy (non-hydrogen) atoms. The molecule has 5 rings (SSSR count). The molecule has 0 radical (unpaired) electrons. The van der Waals surface area contributed by atoms with E-state index in [4.69, 9.17) is 4.98 Å². The molecule has 6 heteroatoms. The number of aromatic nitrogens is 2. The number of rotatable bonds is 6. The molecule has 3 aromatic carbocycles. The first-order valence-electron chi connectivity index (χ1n) is 11.2. The number of para-hydroxylation sites is 1. The van der Waals surface area contributed by atoms with E-state index in [0.717, 1.165) is 37.1 Å². The van der Waals surface area contributed by atoms with Gasteiger partial charge in [0.2, 0.25) is 5.91 Å². The van der Waals surface area contributed by atoms with E-state index in [2.05, 4.69) is 0 Å². The SMILES string of the molecule is O=C([C@@H](Sc1nc2ccccc2c(=O)n1Cc1ccccc1)c1ccccc1)N1CCCC1. The fourth-order valence-electron chi connectivity index (χ4n) is 4.24. The Kier molecular flexibility index (Phi) is 6.26. The van der Waals surface area contributed by atoms with Crippen molar-refractivity contribution in [2.24, 2.45) is 0 Å². The van der Waals surface area contributed by atoms with E-state index in [1.165, 1.54) is 11.8 Å². The third kappa shape index (κ3) is 4.57. The van der Waals surface area contributed by atoms with Gasteiger partial charge < -0.3 is 4.90 Å². The van der Waals surface area contributed by atoms with Crippen molar-refractivity contribution in [3.63, 3.8) is 0 Å². The molecule has 1 aromatic heterocycles. The summed E-state index contributed by atoms with van der Waals surface area (Å²) in [7, 11) is 0. The van der Waals surface area contributed by atoms with Crippen LogP contribution in [0.3, 0.4) is 0 Å². The topological polar surface area (TPSA) is 55.2 Å². The molecule has 1 fully saturated rings. The molecule has 4 aromatic rings. The van der Waals surface area contributed by atoms with Crippen LogP contribution in [-0.2, 0) is 11.3 Å². The largest absolute Gasteiger partial charge is 0.341 e. The maximum atomic E-state index is 13.6. The molecule has 0 unspecified atom stereocenters. The van der Waals surface area contributed by atoms with Gasteiger partial charge in [0.05, 0.1) is 17.4 Å². The molecule has 2 heterocycles. The summed E-state index contributed by atoms with van der Waals surface area (Å²) in [5, 5.41) is 0.684. The van der Waals surface area contributed by atoms with E-state index in [9.17, 15) is 9.59 Å². The molecule has 1 atom stereocenters. The molecule has 0 N–H and O–H groups in total. The number of fused-ring (bicyclic) bond motifs is 1. The fraction of sp³-hybridized carbons (Fsp3) is 0.222. The van der Waals surface area contributed by atoms with Gasteiger partial charge in [-0.1, -0.05) is 84.6 Å². The highest BCUT2D eigenvalue weighted by molar-refractivity contribution is 8.00.